The number of carbonyl (C=O) groups is 1. The second-order valence-electron chi connectivity index (χ2n) is 5.93. The van der Waals surface area contributed by atoms with Crippen LogP contribution in [0.5, 0.6) is 0 Å². The second-order valence-corrected chi connectivity index (χ2v) is 6.99. The zero-order chi connectivity index (χ0) is 16.1. The summed E-state index contributed by atoms with van der Waals surface area (Å²) < 4.78 is 5.74. The van der Waals surface area contributed by atoms with Gasteiger partial charge in [0.25, 0.3) is 0 Å². The maximum Gasteiger partial charge on any atom is 0.244 e. The third kappa shape index (κ3) is 5.19. The zero-order valence-corrected chi connectivity index (χ0v) is 14.5. The molecular weight excluding hydrogens is 298 g/mol. The molecule has 3 unspecified atom stereocenters. The lowest BCUT2D eigenvalue weighted by atomic mass is 10.1. The molecule has 0 radical (unpaired) electrons. The molecule has 1 aliphatic rings. The van der Waals surface area contributed by atoms with Crippen LogP contribution in [0.3, 0.4) is 0 Å². The van der Waals surface area contributed by atoms with E-state index < -0.39 is 0 Å². The van der Waals surface area contributed by atoms with Gasteiger partial charge in [-0.2, -0.15) is 0 Å². The van der Waals surface area contributed by atoms with Gasteiger partial charge in [-0.15, -0.1) is 11.3 Å². The van der Waals surface area contributed by atoms with Crippen LogP contribution in [0.1, 0.15) is 31.5 Å². The number of aromatic nitrogens is 1. The highest BCUT2D eigenvalue weighted by Gasteiger charge is 2.25. The molecule has 2 heterocycles. The lowest BCUT2D eigenvalue weighted by molar-refractivity contribution is -0.117. The Bertz CT molecular complexity index is 519. The van der Waals surface area contributed by atoms with Gasteiger partial charge >= 0.3 is 0 Å². The molecule has 5 nitrogen and oxygen atoms in total. The first-order valence-corrected chi connectivity index (χ1v) is 8.59. The second kappa shape index (κ2) is 7.85. The van der Waals surface area contributed by atoms with E-state index >= 15 is 0 Å². The summed E-state index contributed by atoms with van der Waals surface area (Å²) in [4.78, 5) is 18.5. The summed E-state index contributed by atoms with van der Waals surface area (Å²) in [5.74, 6) is -0.0770. The zero-order valence-electron chi connectivity index (χ0n) is 13.7. The number of aryl methyl sites for hydroxylation is 1. The quantitative estimate of drug-likeness (QED) is 0.843. The first-order valence-electron chi connectivity index (χ1n) is 7.71. The summed E-state index contributed by atoms with van der Waals surface area (Å²) in [7, 11) is 0. The number of amides is 1. The number of rotatable bonds is 5. The van der Waals surface area contributed by atoms with Crippen LogP contribution in [0.25, 0.3) is 6.08 Å². The highest BCUT2D eigenvalue weighted by Crippen LogP contribution is 2.13. The van der Waals surface area contributed by atoms with E-state index in [-0.39, 0.29) is 18.1 Å². The minimum absolute atomic E-state index is 0.0770. The third-order valence-corrected chi connectivity index (χ3v) is 4.48. The van der Waals surface area contributed by atoms with Crippen molar-refractivity contribution in [3.63, 3.8) is 0 Å². The molecule has 6 heteroatoms. The highest BCUT2D eigenvalue weighted by molar-refractivity contribution is 7.09. The van der Waals surface area contributed by atoms with Crippen LogP contribution < -0.4 is 5.32 Å². The predicted octanol–water partition coefficient (Wildman–Crippen LogP) is 2.08. The Balaban J connectivity index is 1.76. The van der Waals surface area contributed by atoms with Gasteiger partial charge in [0.2, 0.25) is 5.91 Å². The number of morpholine rings is 1. The fraction of sp³-hybridized carbons (Fsp3) is 0.625. The van der Waals surface area contributed by atoms with Crippen LogP contribution in [0.2, 0.25) is 0 Å². The van der Waals surface area contributed by atoms with Gasteiger partial charge in [0, 0.05) is 37.1 Å². The van der Waals surface area contributed by atoms with Crippen LogP contribution in [-0.4, -0.2) is 53.7 Å². The molecule has 1 aromatic rings. The average Bonchev–Trinajstić information content (AvgIpc) is 2.87. The van der Waals surface area contributed by atoms with E-state index in [1.807, 2.05) is 12.3 Å². The number of nitrogens with zero attached hydrogens (tertiary/aromatic N) is 2. The lowest BCUT2D eigenvalue weighted by Gasteiger charge is -2.38. The Morgan fingerprint density at radius 1 is 1.55 bits per heavy atom. The summed E-state index contributed by atoms with van der Waals surface area (Å²) in [5.41, 5.74) is 0.835. The molecule has 1 aromatic heterocycles. The Morgan fingerprint density at radius 3 is 2.82 bits per heavy atom. The van der Waals surface area contributed by atoms with Gasteiger partial charge < -0.3 is 10.1 Å². The molecule has 122 valence electrons. The molecule has 3 atom stereocenters. The normalized spacial score (nSPS) is 24.5. The summed E-state index contributed by atoms with van der Waals surface area (Å²) in [6.07, 6.45) is 3.79. The van der Waals surface area contributed by atoms with Gasteiger partial charge in [-0.1, -0.05) is 0 Å². The molecule has 1 aliphatic heterocycles. The van der Waals surface area contributed by atoms with Crippen molar-refractivity contribution < 1.29 is 9.53 Å². The minimum Gasteiger partial charge on any atom is -0.373 e. The molecule has 1 amide bonds. The van der Waals surface area contributed by atoms with E-state index in [0.29, 0.717) is 12.6 Å². The summed E-state index contributed by atoms with van der Waals surface area (Å²) in [5, 5.41) is 5.90. The smallest absolute Gasteiger partial charge is 0.244 e. The number of carbonyl (C=O) groups excluding carboxylic acids is 1. The van der Waals surface area contributed by atoms with Crippen molar-refractivity contribution in [2.24, 2.45) is 0 Å². The van der Waals surface area contributed by atoms with Crippen molar-refractivity contribution in [3.8, 4) is 0 Å². The fourth-order valence-electron chi connectivity index (χ4n) is 2.63. The van der Waals surface area contributed by atoms with Crippen molar-refractivity contribution in [2.75, 3.05) is 19.6 Å². The molecule has 1 N–H and O–H groups in total. The number of hydrogen-bond donors (Lipinski definition) is 1. The van der Waals surface area contributed by atoms with Crippen molar-refractivity contribution in [2.45, 2.75) is 45.9 Å². The molecule has 0 bridgehead atoms. The molecule has 1 fully saturated rings. The Kier molecular flexibility index (Phi) is 6.11. The third-order valence-electron chi connectivity index (χ3n) is 3.69. The minimum atomic E-state index is -0.0770. The van der Waals surface area contributed by atoms with Crippen molar-refractivity contribution >= 4 is 23.3 Å². The predicted molar refractivity (Wildman–Crippen MR) is 89.9 cm³/mol. The van der Waals surface area contributed by atoms with Crippen LogP contribution >= 0.6 is 11.3 Å². The van der Waals surface area contributed by atoms with Gasteiger partial charge in [-0.05, 0) is 33.8 Å². The van der Waals surface area contributed by atoms with Crippen LogP contribution in [-0.2, 0) is 9.53 Å². The van der Waals surface area contributed by atoms with E-state index in [0.717, 1.165) is 23.8 Å². The standard InChI is InChI=1S/C16H25N3O2S/c1-11(19-8-12(2)21-13(3)9-19)7-17-16(20)6-5-15-10-22-14(4)18-15/h5-6,10-13H,7-9H2,1-4H3,(H,17,20). The summed E-state index contributed by atoms with van der Waals surface area (Å²) >= 11 is 1.58. The SMILES string of the molecule is Cc1nc(C=CC(=O)NCC(C)N2CC(C)OC(C)C2)cs1. The molecule has 1 saturated heterocycles. The molecule has 0 saturated carbocycles. The molecule has 22 heavy (non-hydrogen) atoms. The number of hydrogen-bond acceptors (Lipinski definition) is 5. The van der Waals surface area contributed by atoms with Gasteiger partial charge in [0.05, 0.1) is 22.9 Å². The first kappa shape index (κ1) is 17.1. The summed E-state index contributed by atoms with van der Waals surface area (Å²) in [6, 6.07) is 0.299. The van der Waals surface area contributed by atoms with Crippen molar-refractivity contribution in [3.05, 3.63) is 22.2 Å². The number of thiazole rings is 1. The van der Waals surface area contributed by atoms with Gasteiger partial charge in [0.1, 0.15) is 0 Å². The average molecular weight is 323 g/mol. The van der Waals surface area contributed by atoms with Gasteiger partial charge in [0.15, 0.2) is 0 Å². The van der Waals surface area contributed by atoms with Crippen LogP contribution in [0.4, 0.5) is 0 Å². The van der Waals surface area contributed by atoms with Crippen LogP contribution in [0, 0.1) is 6.92 Å². The Hall–Kier alpha value is -1.24. The molecule has 0 aromatic carbocycles. The van der Waals surface area contributed by atoms with Gasteiger partial charge in [-0.3, -0.25) is 9.69 Å². The van der Waals surface area contributed by atoms with E-state index in [1.54, 1.807) is 23.5 Å². The molecule has 0 spiro atoms. The maximum absolute atomic E-state index is 11.9. The van der Waals surface area contributed by atoms with Gasteiger partial charge in [-0.25, -0.2) is 4.98 Å². The number of ether oxygens (including phenoxy) is 1. The number of nitrogens with one attached hydrogen (secondary N) is 1. The van der Waals surface area contributed by atoms with Crippen molar-refractivity contribution in [1.82, 2.24) is 15.2 Å². The molecule has 2 rings (SSSR count). The van der Waals surface area contributed by atoms with Crippen LogP contribution in [0.15, 0.2) is 11.5 Å². The van der Waals surface area contributed by atoms with E-state index in [9.17, 15) is 4.79 Å². The largest absolute Gasteiger partial charge is 0.373 e. The molecular formula is C16H25N3O2S. The maximum atomic E-state index is 11.9. The van der Waals surface area contributed by atoms with E-state index in [2.05, 4.69) is 36.0 Å². The summed E-state index contributed by atoms with van der Waals surface area (Å²) in [6.45, 7) is 10.7. The Labute approximate surface area is 136 Å². The Morgan fingerprint density at radius 2 is 2.23 bits per heavy atom. The van der Waals surface area contributed by atoms with E-state index in [4.69, 9.17) is 4.74 Å². The van der Waals surface area contributed by atoms with Crippen molar-refractivity contribution in [1.29, 1.82) is 0 Å². The monoisotopic (exact) mass is 323 g/mol. The highest BCUT2D eigenvalue weighted by atomic mass is 32.1. The first-order chi connectivity index (χ1) is 10.4. The topological polar surface area (TPSA) is 54.5 Å². The fourth-order valence-corrected chi connectivity index (χ4v) is 3.21. The lowest BCUT2D eigenvalue weighted by Crippen LogP contribution is -2.52. The van der Waals surface area contributed by atoms with E-state index in [1.165, 1.54) is 0 Å². The molecule has 0 aliphatic carbocycles.